The maximum absolute atomic E-state index is 2.44. The molecule has 0 nitrogen and oxygen atoms in total. The lowest BCUT2D eigenvalue weighted by Gasteiger charge is -2.13. The lowest BCUT2D eigenvalue weighted by Crippen LogP contribution is -1.94. The van der Waals surface area contributed by atoms with Gasteiger partial charge in [0.2, 0.25) is 0 Å². The van der Waals surface area contributed by atoms with Crippen LogP contribution in [0.3, 0.4) is 0 Å². The second kappa shape index (κ2) is 18.6. The third kappa shape index (κ3) is 11.0. The van der Waals surface area contributed by atoms with Crippen molar-refractivity contribution in [2.45, 2.75) is 155 Å². The molecule has 2 atom stereocenters. The zero-order chi connectivity index (χ0) is 24.4. The second-order valence-electron chi connectivity index (χ2n) is 10.4. The van der Waals surface area contributed by atoms with Crippen molar-refractivity contribution in [3.63, 3.8) is 0 Å². The molecule has 0 aromatic carbocycles. The minimum Gasteiger partial charge on any atom is -0.139 e. The fraction of sp³-hybridized carbons (Fsp3) is 0.750. The first kappa shape index (κ1) is 29.6. The van der Waals surface area contributed by atoms with Crippen LogP contribution in [-0.4, -0.2) is 0 Å². The summed E-state index contributed by atoms with van der Waals surface area (Å²) >= 11 is 4.13. The van der Waals surface area contributed by atoms with E-state index in [9.17, 15) is 0 Å². The predicted octanol–water partition coefficient (Wildman–Crippen LogP) is 12.7. The number of unbranched alkanes of at least 4 members (excludes halogenated alkanes) is 12. The molecular formula is C32H54S2. The van der Waals surface area contributed by atoms with E-state index in [1.165, 1.54) is 125 Å². The zero-order valence-electron chi connectivity index (χ0n) is 23.0. The largest absolute Gasteiger partial charge is 0.139 e. The van der Waals surface area contributed by atoms with Crippen LogP contribution in [0.4, 0.5) is 0 Å². The van der Waals surface area contributed by atoms with Crippen LogP contribution in [0, 0.1) is 0 Å². The lowest BCUT2D eigenvalue weighted by molar-refractivity contribution is 0.529. The van der Waals surface area contributed by atoms with Crippen molar-refractivity contribution >= 4 is 22.7 Å². The highest BCUT2D eigenvalue weighted by Crippen LogP contribution is 2.41. The highest BCUT2D eigenvalue weighted by molar-refractivity contribution is 7.22. The van der Waals surface area contributed by atoms with E-state index in [1.54, 1.807) is 9.75 Å². The van der Waals surface area contributed by atoms with Crippen LogP contribution in [-0.2, 0) is 0 Å². The number of hydrogen-bond acceptors (Lipinski definition) is 2. The summed E-state index contributed by atoms with van der Waals surface area (Å²) in [6.07, 6.45) is 25.1. The highest BCUT2D eigenvalue weighted by Gasteiger charge is 2.16. The molecule has 0 aliphatic heterocycles. The number of rotatable bonds is 21. The maximum Gasteiger partial charge on any atom is 0.0445 e. The van der Waals surface area contributed by atoms with E-state index in [1.807, 2.05) is 0 Å². The van der Waals surface area contributed by atoms with Crippen molar-refractivity contribution in [3.8, 4) is 9.75 Å². The molecule has 2 heteroatoms. The molecule has 0 saturated heterocycles. The molecule has 2 aromatic heterocycles. The molecule has 0 saturated carbocycles. The lowest BCUT2D eigenvalue weighted by atomic mass is 9.96. The van der Waals surface area contributed by atoms with Gasteiger partial charge >= 0.3 is 0 Å². The Labute approximate surface area is 221 Å². The van der Waals surface area contributed by atoms with E-state index in [4.69, 9.17) is 0 Å². The zero-order valence-corrected chi connectivity index (χ0v) is 24.6. The van der Waals surface area contributed by atoms with Crippen LogP contribution >= 0.6 is 22.7 Å². The third-order valence-corrected chi connectivity index (χ3v) is 10.3. The third-order valence-electron chi connectivity index (χ3n) is 7.60. The van der Waals surface area contributed by atoms with Gasteiger partial charge in [-0.25, -0.2) is 0 Å². The van der Waals surface area contributed by atoms with E-state index < -0.39 is 0 Å². The monoisotopic (exact) mass is 502 g/mol. The van der Waals surface area contributed by atoms with Crippen molar-refractivity contribution in [2.24, 2.45) is 0 Å². The fourth-order valence-corrected chi connectivity index (χ4v) is 7.74. The molecule has 2 aromatic rings. The van der Waals surface area contributed by atoms with Gasteiger partial charge in [-0.05, 0) is 61.8 Å². The minimum atomic E-state index is 0.759. The van der Waals surface area contributed by atoms with Crippen LogP contribution in [0.15, 0.2) is 24.3 Å². The first-order valence-corrected chi connectivity index (χ1v) is 16.6. The Morgan fingerprint density at radius 3 is 1.18 bits per heavy atom. The first-order valence-electron chi connectivity index (χ1n) is 14.9. The molecule has 0 fully saturated rings. The molecule has 0 bridgehead atoms. The summed E-state index contributed by atoms with van der Waals surface area (Å²) in [4.78, 5) is 6.23. The molecule has 2 unspecified atom stereocenters. The highest BCUT2D eigenvalue weighted by atomic mass is 32.1. The average molecular weight is 503 g/mol. The van der Waals surface area contributed by atoms with Crippen molar-refractivity contribution < 1.29 is 0 Å². The minimum absolute atomic E-state index is 0.759. The van der Waals surface area contributed by atoms with Gasteiger partial charge in [-0.2, -0.15) is 0 Å². The van der Waals surface area contributed by atoms with Crippen LogP contribution in [0.25, 0.3) is 9.75 Å². The molecule has 0 N–H and O–H groups in total. The Morgan fingerprint density at radius 1 is 0.471 bits per heavy atom. The summed E-state index contributed by atoms with van der Waals surface area (Å²) in [5.74, 6) is 1.52. The average Bonchev–Trinajstić information content (AvgIpc) is 3.53. The summed E-state index contributed by atoms with van der Waals surface area (Å²) in [6.45, 7) is 9.36. The molecule has 0 amide bonds. The summed E-state index contributed by atoms with van der Waals surface area (Å²) in [5, 5.41) is 0. The van der Waals surface area contributed by atoms with Gasteiger partial charge in [-0.3, -0.25) is 0 Å². The van der Waals surface area contributed by atoms with Crippen LogP contribution in [0.5, 0.6) is 0 Å². The molecule has 0 spiro atoms. The molecule has 2 rings (SSSR count). The molecule has 34 heavy (non-hydrogen) atoms. The second-order valence-corrected chi connectivity index (χ2v) is 12.7. The Balaban J connectivity index is 1.80. The summed E-state index contributed by atoms with van der Waals surface area (Å²) in [5.41, 5.74) is 0. The molecule has 0 aliphatic carbocycles. The van der Waals surface area contributed by atoms with E-state index in [-0.39, 0.29) is 0 Å². The van der Waals surface area contributed by atoms with Gasteiger partial charge in [0.05, 0.1) is 0 Å². The van der Waals surface area contributed by atoms with Crippen molar-refractivity contribution in [2.75, 3.05) is 0 Å². The normalized spacial score (nSPS) is 13.4. The Morgan fingerprint density at radius 2 is 0.824 bits per heavy atom. The molecule has 2 heterocycles. The Hall–Kier alpha value is -0.600. The van der Waals surface area contributed by atoms with E-state index in [0.29, 0.717) is 0 Å². The number of hydrogen-bond donors (Lipinski definition) is 0. The van der Waals surface area contributed by atoms with Gasteiger partial charge < -0.3 is 0 Å². The van der Waals surface area contributed by atoms with Crippen LogP contribution in [0.1, 0.15) is 165 Å². The summed E-state index contributed by atoms with van der Waals surface area (Å²) in [7, 11) is 0. The molecular weight excluding hydrogens is 448 g/mol. The van der Waals surface area contributed by atoms with Gasteiger partial charge in [-0.15, -0.1) is 22.7 Å². The van der Waals surface area contributed by atoms with E-state index in [0.717, 1.165) is 11.8 Å². The SMILES string of the molecule is CCCCCCCCCC(CC)c1ccc(-c2ccc(C(CC)CCCCCCCCC)s2)s1. The van der Waals surface area contributed by atoms with E-state index >= 15 is 0 Å². The maximum atomic E-state index is 2.44. The standard InChI is InChI=1S/C32H54S2/c1-5-9-11-13-15-17-19-21-27(7-3)29-23-25-31(33-29)32-26-24-30(34-32)28(8-4)22-20-18-16-14-12-10-6-2/h23-28H,5-22H2,1-4H3. The van der Waals surface area contributed by atoms with Crippen molar-refractivity contribution in [1.29, 1.82) is 0 Å². The van der Waals surface area contributed by atoms with Gasteiger partial charge in [-0.1, -0.05) is 118 Å². The van der Waals surface area contributed by atoms with Crippen molar-refractivity contribution in [3.05, 3.63) is 34.0 Å². The Kier molecular flexibility index (Phi) is 16.2. The predicted molar refractivity (Wildman–Crippen MR) is 159 cm³/mol. The van der Waals surface area contributed by atoms with Gasteiger partial charge in [0.25, 0.3) is 0 Å². The van der Waals surface area contributed by atoms with Crippen LogP contribution in [0.2, 0.25) is 0 Å². The first-order chi connectivity index (χ1) is 16.7. The molecule has 0 radical (unpaired) electrons. The quantitative estimate of drug-likeness (QED) is 0.149. The molecule has 0 aliphatic rings. The van der Waals surface area contributed by atoms with Crippen LogP contribution < -0.4 is 0 Å². The topological polar surface area (TPSA) is 0 Å². The fourth-order valence-electron chi connectivity index (χ4n) is 5.20. The molecule has 194 valence electrons. The summed E-state index contributed by atoms with van der Waals surface area (Å²) in [6, 6.07) is 9.68. The van der Waals surface area contributed by atoms with Gasteiger partial charge in [0.1, 0.15) is 0 Å². The Bertz CT molecular complexity index is 663. The summed E-state index contributed by atoms with van der Waals surface area (Å²) < 4.78 is 0. The van der Waals surface area contributed by atoms with E-state index in [2.05, 4.69) is 74.6 Å². The van der Waals surface area contributed by atoms with Gasteiger partial charge in [0.15, 0.2) is 0 Å². The smallest absolute Gasteiger partial charge is 0.0445 e. The van der Waals surface area contributed by atoms with Crippen molar-refractivity contribution in [1.82, 2.24) is 0 Å². The van der Waals surface area contributed by atoms with Gasteiger partial charge in [0, 0.05) is 19.5 Å². The number of thiophene rings is 2.